The van der Waals surface area contributed by atoms with Crippen molar-refractivity contribution in [3.8, 4) is 5.69 Å². The van der Waals surface area contributed by atoms with Crippen molar-refractivity contribution in [3.63, 3.8) is 0 Å². The van der Waals surface area contributed by atoms with Gasteiger partial charge < -0.3 is 9.88 Å². The molecule has 8 heteroatoms. The van der Waals surface area contributed by atoms with Crippen molar-refractivity contribution in [1.29, 1.82) is 0 Å². The Morgan fingerprint density at radius 3 is 2.44 bits per heavy atom. The number of hydrogen-bond donors (Lipinski definition) is 1. The lowest BCUT2D eigenvalue weighted by Gasteiger charge is -2.16. The van der Waals surface area contributed by atoms with E-state index in [1.54, 1.807) is 12.5 Å². The zero-order chi connectivity index (χ0) is 22.5. The van der Waals surface area contributed by atoms with Crippen LogP contribution in [-0.4, -0.2) is 24.6 Å². The Labute approximate surface area is 184 Å². The molecule has 0 aliphatic carbocycles. The zero-order valence-corrected chi connectivity index (χ0v) is 17.6. The second kappa shape index (κ2) is 9.30. The van der Waals surface area contributed by atoms with Crippen LogP contribution in [0.5, 0.6) is 0 Å². The van der Waals surface area contributed by atoms with Crippen LogP contribution in [0.1, 0.15) is 24.1 Å². The number of rotatable bonds is 7. The molecule has 0 unspecified atom stereocenters. The molecule has 2 heterocycles. The molecule has 8 nitrogen and oxygen atoms in total. The molecule has 0 radical (unpaired) electrons. The minimum Gasteiger partial charge on any atom is -0.348 e. The van der Waals surface area contributed by atoms with Gasteiger partial charge in [-0.15, -0.1) is 0 Å². The predicted octanol–water partition coefficient (Wildman–Crippen LogP) is 2.12. The first-order valence-corrected chi connectivity index (χ1v) is 10.2. The fourth-order valence-electron chi connectivity index (χ4n) is 3.46. The van der Waals surface area contributed by atoms with Gasteiger partial charge in [0.2, 0.25) is 5.91 Å². The summed E-state index contributed by atoms with van der Waals surface area (Å²) in [6.45, 7) is 1.83. The van der Waals surface area contributed by atoms with Gasteiger partial charge in [0.1, 0.15) is 6.54 Å². The number of hydrogen-bond acceptors (Lipinski definition) is 4. The van der Waals surface area contributed by atoms with Crippen LogP contribution in [0.4, 0.5) is 0 Å². The van der Waals surface area contributed by atoms with E-state index in [0.717, 1.165) is 21.4 Å². The molecule has 0 fully saturated rings. The van der Waals surface area contributed by atoms with Gasteiger partial charge in [-0.3, -0.25) is 18.7 Å². The van der Waals surface area contributed by atoms with Gasteiger partial charge in [-0.25, -0.2) is 9.78 Å². The first-order chi connectivity index (χ1) is 15.5. The molecule has 0 aliphatic heterocycles. The van der Waals surface area contributed by atoms with Crippen LogP contribution < -0.4 is 16.6 Å². The van der Waals surface area contributed by atoms with Crippen molar-refractivity contribution in [1.82, 2.24) is 24.0 Å². The Kier molecular flexibility index (Phi) is 6.12. The van der Waals surface area contributed by atoms with Gasteiger partial charge >= 0.3 is 5.69 Å². The first-order valence-electron chi connectivity index (χ1n) is 10.2. The summed E-state index contributed by atoms with van der Waals surface area (Å²) in [6, 6.07) is 18.2. The van der Waals surface area contributed by atoms with E-state index in [2.05, 4.69) is 10.3 Å². The molecule has 32 heavy (non-hydrogen) atoms. The number of nitrogens with zero attached hydrogens (tertiary/aromatic N) is 4. The molecular weight excluding hydrogens is 406 g/mol. The van der Waals surface area contributed by atoms with Gasteiger partial charge in [-0.05, 0) is 30.2 Å². The Balaban J connectivity index is 1.45. The number of carbonyl (C=O) groups is 1. The maximum Gasteiger partial charge on any atom is 0.331 e. The van der Waals surface area contributed by atoms with Gasteiger partial charge in [0.05, 0.1) is 18.9 Å². The zero-order valence-electron chi connectivity index (χ0n) is 17.6. The van der Waals surface area contributed by atoms with Gasteiger partial charge in [0, 0.05) is 30.3 Å². The maximum absolute atomic E-state index is 12.8. The number of aromatic nitrogens is 4. The molecule has 4 aromatic rings. The van der Waals surface area contributed by atoms with Gasteiger partial charge in [0.15, 0.2) is 0 Å². The molecule has 1 N–H and O–H groups in total. The highest BCUT2D eigenvalue weighted by Crippen LogP contribution is 2.15. The molecule has 1 amide bonds. The van der Waals surface area contributed by atoms with E-state index in [0.29, 0.717) is 6.54 Å². The molecule has 1 atom stereocenters. The number of amides is 1. The number of carbonyl (C=O) groups excluding carboxylic acids is 1. The lowest BCUT2D eigenvalue weighted by atomic mass is 10.1. The number of benzene rings is 2. The summed E-state index contributed by atoms with van der Waals surface area (Å²) in [7, 11) is 0. The van der Waals surface area contributed by atoms with Crippen molar-refractivity contribution >= 4 is 5.91 Å². The van der Waals surface area contributed by atoms with Gasteiger partial charge in [-0.1, -0.05) is 42.5 Å². The summed E-state index contributed by atoms with van der Waals surface area (Å²) < 4.78 is 4.25. The monoisotopic (exact) mass is 429 g/mol. The second-order valence-corrected chi connectivity index (χ2v) is 7.49. The van der Waals surface area contributed by atoms with Gasteiger partial charge in [0.25, 0.3) is 5.56 Å². The average molecular weight is 429 g/mol. The van der Waals surface area contributed by atoms with E-state index in [9.17, 15) is 14.4 Å². The van der Waals surface area contributed by atoms with Crippen LogP contribution in [0.15, 0.2) is 95.2 Å². The van der Waals surface area contributed by atoms with E-state index in [1.807, 2.05) is 72.3 Å². The fraction of sp³-hybridized carbons (Fsp3) is 0.167. The van der Waals surface area contributed by atoms with Crippen LogP contribution in [0.3, 0.4) is 0 Å². The highest BCUT2D eigenvalue weighted by atomic mass is 16.2. The molecule has 0 spiro atoms. The normalized spacial score (nSPS) is 11.8. The molecular formula is C24H23N5O3. The number of nitrogens with one attached hydrogen (secondary N) is 1. The fourth-order valence-corrected chi connectivity index (χ4v) is 3.46. The molecule has 2 aromatic carbocycles. The Morgan fingerprint density at radius 1 is 1.00 bits per heavy atom. The molecule has 2 aromatic heterocycles. The number of imidazole rings is 1. The summed E-state index contributed by atoms with van der Waals surface area (Å²) in [4.78, 5) is 41.6. The summed E-state index contributed by atoms with van der Waals surface area (Å²) in [6.07, 6.45) is 6.72. The quantitative estimate of drug-likeness (QED) is 0.487. The van der Waals surface area contributed by atoms with E-state index in [-0.39, 0.29) is 12.6 Å². The van der Waals surface area contributed by atoms with Crippen molar-refractivity contribution in [2.75, 3.05) is 0 Å². The van der Waals surface area contributed by atoms with Crippen molar-refractivity contribution in [2.24, 2.45) is 0 Å². The lowest BCUT2D eigenvalue weighted by molar-refractivity contribution is -0.122. The second-order valence-electron chi connectivity index (χ2n) is 7.49. The summed E-state index contributed by atoms with van der Waals surface area (Å²) in [5.74, 6) is -0.409. The third-order valence-corrected chi connectivity index (χ3v) is 5.21. The topological polar surface area (TPSA) is 90.9 Å². The molecule has 0 saturated heterocycles. The highest BCUT2D eigenvalue weighted by Gasteiger charge is 2.14. The summed E-state index contributed by atoms with van der Waals surface area (Å²) in [5, 5.41) is 2.86. The van der Waals surface area contributed by atoms with E-state index in [1.165, 1.54) is 16.8 Å². The van der Waals surface area contributed by atoms with Gasteiger partial charge in [-0.2, -0.15) is 0 Å². The van der Waals surface area contributed by atoms with Crippen LogP contribution in [0.25, 0.3) is 5.69 Å². The standard InChI is InChI=1S/C24H23N5O3/c1-18(20-7-9-21(10-8-20)28-14-12-25-17-28)26-22(30)16-29-23(31)11-13-27(24(29)32)15-19-5-3-2-4-6-19/h2-14,17-18H,15-16H2,1H3,(H,26,30)/t18-/m0/s1. The molecule has 4 rings (SSSR count). The molecule has 0 aliphatic rings. The Hall–Kier alpha value is -4.20. The molecule has 162 valence electrons. The average Bonchev–Trinajstić information content (AvgIpc) is 3.34. The van der Waals surface area contributed by atoms with Crippen LogP contribution in [-0.2, 0) is 17.9 Å². The Bertz CT molecular complexity index is 1310. The highest BCUT2D eigenvalue weighted by molar-refractivity contribution is 5.76. The molecule has 0 bridgehead atoms. The van der Waals surface area contributed by atoms with Crippen LogP contribution >= 0.6 is 0 Å². The minimum atomic E-state index is -0.520. The largest absolute Gasteiger partial charge is 0.348 e. The summed E-state index contributed by atoms with van der Waals surface area (Å²) in [5.41, 5.74) is 1.77. The minimum absolute atomic E-state index is 0.287. The Morgan fingerprint density at radius 2 is 1.75 bits per heavy atom. The lowest BCUT2D eigenvalue weighted by Crippen LogP contribution is -2.43. The van der Waals surface area contributed by atoms with E-state index < -0.39 is 17.2 Å². The SMILES string of the molecule is C[C@H](NC(=O)Cn1c(=O)ccn(Cc2ccccc2)c1=O)c1ccc(-n2ccnc2)cc1. The smallest absolute Gasteiger partial charge is 0.331 e. The van der Waals surface area contributed by atoms with Crippen LogP contribution in [0.2, 0.25) is 0 Å². The van der Waals surface area contributed by atoms with E-state index in [4.69, 9.17) is 0 Å². The summed E-state index contributed by atoms with van der Waals surface area (Å²) >= 11 is 0. The van der Waals surface area contributed by atoms with Crippen molar-refractivity contribution in [3.05, 3.63) is 118 Å². The van der Waals surface area contributed by atoms with E-state index >= 15 is 0 Å². The van der Waals surface area contributed by atoms with Crippen molar-refractivity contribution in [2.45, 2.75) is 26.1 Å². The third kappa shape index (κ3) is 4.75. The first kappa shape index (κ1) is 21.0. The van der Waals surface area contributed by atoms with Crippen LogP contribution in [0, 0.1) is 0 Å². The third-order valence-electron chi connectivity index (χ3n) is 5.21. The van der Waals surface area contributed by atoms with Crippen molar-refractivity contribution < 1.29 is 4.79 Å². The maximum atomic E-state index is 12.8. The predicted molar refractivity (Wildman–Crippen MR) is 121 cm³/mol. The molecule has 0 saturated carbocycles.